The fraction of sp³-hybridized carbons (Fsp3) is 0.263. The highest BCUT2D eigenvalue weighted by Gasteiger charge is 2.33. The summed E-state index contributed by atoms with van der Waals surface area (Å²) in [6, 6.07) is 14.2. The molecule has 0 bridgehead atoms. The van der Waals surface area contributed by atoms with Crippen LogP contribution in [0.2, 0.25) is 0 Å². The highest BCUT2D eigenvalue weighted by Crippen LogP contribution is 2.26. The van der Waals surface area contributed by atoms with Gasteiger partial charge in [-0.1, -0.05) is 24.3 Å². The van der Waals surface area contributed by atoms with Gasteiger partial charge in [0.05, 0.1) is 20.7 Å². The van der Waals surface area contributed by atoms with Crippen LogP contribution in [-0.2, 0) is 9.84 Å². The van der Waals surface area contributed by atoms with E-state index in [1.165, 1.54) is 0 Å². The summed E-state index contributed by atoms with van der Waals surface area (Å²) < 4.78 is 25.5. The Balaban J connectivity index is 1.43. The van der Waals surface area contributed by atoms with Gasteiger partial charge >= 0.3 is 0 Å². The highest BCUT2D eigenvalue weighted by atomic mass is 32.2. The number of rotatable bonds is 4. The summed E-state index contributed by atoms with van der Waals surface area (Å²) in [6.45, 7) is 0.827. The van der Waals surface area contributed by atoms with Gasteiger partial charge in [0.25, 0.3) is 5.91 Å². The van der Waals surface area contributed by atoms with E-state index in [9.17, 15) is 13.2 Å². The minimum absolute atomic E-state index is 0.162. The number of benzene rings is 1. The number of nitrogens with zero attached hydrogens (tertiary/aromatic N) is 2. The molecular weight excluding hydrogens is 382 g/mol. The summed E-state index contributed by atoms with van der Waals surface area (Å²) in [5.74, 6) is -0.162. The predicted octanol–water partition coefficient (Wildman–Crippen LogP) is 3.22. The quantitative estimate of drug-likeness (QED) is 0.728. The molecule has 8 heteroatoms. The van der Waals surface area contributed by atoms with Crippen LogP contribution in [0.4, 0.5) is 0 Å². The van der Waals surface area contributed by atoms with Crippen molar-refractivity contribution in [2.45, 2.75) is 23.0 Å². The molecule has 2 aromatic heterocycles. The summed E-state index contributed by atoms with van der Waals surface area (Å²) in [5, 5.41) is 8.55. The molecule has 0 radical (unpaired) electrons. The zero-order valence-electron chi connectivity index (χ0n) is 14.5. The van der Waals surface area contributed by atoms with E-state index in [0.29, 0.717) is 36.5 Å². The first kappa shape index (κ1) is 17.9. The molecule has 0 aliphatic carbocycles. The van der Waals surface area contributed by atoms with Gasteiger partial charge in [-0.2, -0.15) is 5.10 Å². The van der Waals surface area contributed by atoms with Crippen molar-refractivity contribution in [1.29, 1.82) is 0 Å². The number of aromatic amines is 1. The number of likely N-dealkylation sites (tertiary alicyclic amines) is 1. The first-order chi connectivity index (χ1) is 13.1. The van der Waals surface area contributed by atoms with E-state index >= 15 is 0 Å². The van der Waals surface area contributed by atoms with Crippen LogP contribution in [0.1, 0.15) is 23.3 Å². The van der Waals surface area contributed by atoms with Gasteiger partial charge in [0.1, 0.15) is 0 Å². The van der Waals surface area contributed by atoms with Crippen LogP contribution < -0.4 is 0 Å². The van der Waals surface area contributed by atoms with Crippen LogP contribution in [0.3, 0.4) is 0 Å². The number of aromatic nitrogens is 2. The van der Waals surface area contributed by atoms with Crippen molar-refractivity contribution >= 4 is 27.1 Å². The molecule has 6 nitrogen and oxygen atoms in total. The predicted molar refractivity (Wildman–Crippen MR) is 104 cm³/mol. The maximum absolute atomic E-state index is 12.7. The van der Waals surface area contributed by atoms with E-state index in [0.717, 1.165) is 10.6 Å². The van der Waals surface area contributed by atoms with Gasteiger partial charge in [0.2, 0.25) is 0 Å². The van der Waals surface area contributed by atoms with E-state index in [-0.39, 0.29) is 5.91 Å². The number of amides is 1. The third-order valence-electron chi connectivity index (χ3n) is 4.82. The number of piperidine rings is 1. The molecule has 140 valence electrons. The molecule has 1 saturated heterocycles. The van der Waals surface area contributed by atoms with Gasteiger partial charge in [-0.15, -0.1) is 11.3 Å². The third-order valence-corrected chi connectivity index (χ3v) is 8.00. The Hall–Kier alpha value is -2.45. The van der Waals surface area contributed by atoms with Crippen LogP contribution in [-0.4, -0.2) is 47.8 Å². The van der Waals surface area contributed by atoms with Crippen molar-refractivity contribution in [3.05, 3.63) is 59.6 Å². The van der Waals surface area contributed by atoms with E-state index in [1.807, 2.05) is 17.5 Å². The number of carbonyl (C=O) groups excluding carboxylic acids is 1. The Morgan fingerprint density at radius 2 is 1.85 bits per heavy atom. The molecule has 27 heavy (non-hydrogen) atoms. The molecule has 0 atom stereocenters. The average molecular weight is 402 g/mol. The SMILES string of the molecule is O=C(c1cc(-c2cccs2)[nH]n1)N1CCC(S(=O)(=O)c2ccccc2)CC1. The number of hydrogen-bond donors (Lipinski definition) is 1. The molecule has 0 spiro atoms. The topological polar surface area (TPSA) is 83.1 Å². The number of nitrogens with one attached hydrogen (secondary N) is 1. The second kappa shape index (κ2) is 7.28. The molecule has 1 amide bonds. The second-order valence-electron chi connectivity index (χ2n) is 6.49. The lowest BCUT2D eigenvalue weighted by atomic mass is 10.1. The zero-order chi connectivity index (χ0) is 18.9. The summed E-state index contributed by atoms with van der Waals surface area (Å²) in [5.41, 5.74) is 1.18. The monoisotopic (exact) mass is 401 g/mol. The molecule has 1 N–H and O–H groups in total. The van der Waals surface area contributed by atoms with Crippen LogP contribution in [0.15, 0.2) is 58.8 Å². The zero-order valence-corrected chi connectivity index (χ0v) is 16.2. The van der Waals surface area contributed by atoms with Gasteiger partial charge in [-0.05, 0) is 42.5 Å². The van der Waals surface area contributed by atoms with Crippen molar-refractivity contribution in [3.63, 3.8) is 0 Å². The summed E-state index contributed by atoms with van der Waals surface area (Å²) in [6.07, 6.45) is 0.871. The van der Waals surface area contributed by atoms with Gasteiger partial charge in [-0.25, -0.2) is 8.42 Å². The molecule has 0 unspecified atom stereocenters. The number of sulfone groups is 1. The van der Waals surface area contributed by atoms with Crippen molar-refractivity contribution in [2.24, 2.45) is 0 Å². The number of H-pyrrole nitrogens is 1. The largest absolute Gasteiger partial charge is 0.337 e. The van der Waals surface area contributed by atoms with Crippen LogP contribution in [0.5, 0.6) is 0 Å². The number of hydrogen-bond acceptors (Lipinski definition) is 5. The van der Waals surface area contributed by atoms with Crippen molar-refractivity contribution in [3.8, 4) is 10.6 Å². The van der Waals surface area contributed by atoms with E-state index < -0.39 is 15.1 Å². The van der Waals surface area contributed by atoms with Gasteiger partial charge in [-0.3, -0.25) is 9.89 Å². The highest BCUT2D eigenvalue weighted by molar-refractivity contribution is 7.92. The standard InChI is InChI=1S/C19H19N3O3S2/c23-19(17-13-16(20-21-17)18-7-4-12-26-18)22-10-8-15(9-11-22)27(24,25)14-5-2-1-3-6-14/h1-7,12-13,15H,8-11H2,(H,20,21). The van der Waals surface area contributed by atoms with Gasteiger partial charge < -0.3 is 4.90 Å². The normalized spacial score (nSPS) is 15.8. The summed E-state index contributed by atoms with van der Waals surface area (Å²) >= 11 is 1.57. The Bertz CT molecular complexity index is 1020. The maximum Gasteiger partial charge on any atom is 0.274 e. The molecule has 1 aliphatic heterocycles. The average Bonchev–Trinajstić information content (AvgIpc) is 3.40. The minimum Gasteiger partial charge on any atom is -0.337 e. The maximum atomic E-state index is 12.7. The molecule has 3 heterocycles. The second-order valence-corrected chi connectivity index (χ2v) is 9.67. The Morgan fingerprint density at radius 3 is 2.52 bits per heavy atom. The Labute approximate surface area is 161 Å². The molecule has 1 aromatic carbocycles. The smallest absolute Gasteiger partial charge is 0.274 e. The lowest BCUT2D eigenvalue weighted by molar-refractivity contribution is 0.0719. The molecular formula is C19H19N3O3S2. The fourth-order valence-electron chi connectivity index (χ4n) is 3.32. The Morgan fingerprint density at radius 1 is 1.11 bits per heavy atom. The first-order valence-corrected chi connectivity index (χ1v) is 11.2. The lowest BCUT2D eigenvalue weighted by Crippen LogP contribution is -2.42. The van der Waals surface area contributed by atoms with Crippen molar-refractivity contribution in [2.75, 3.05) is 13.1 Å². The first-order valence-electron chi connectivity index (χ1n) is 8.73. The van der Waals surface area contributed by atoms with Crippen LogP contribution in [0.25, 0.3) is 10.6 Å². The molecule has 1 fully saturated rings. The lowest BCUT2D eigenvalue weighted by Gasteiger charge is -2.31. The van der Waals surface area contributed by atoms with Crippen LogP contribution >= 0.6 is 11.3 Å². The van der Waals surface area contributed by atoms with Gasteiger partial charge in [0.15, 0.2) is 15.5 Å². The van der Waals surface area contributed by atoms with Crippen LogP contribution in [0, 0.1) is 0 Å². The van der Waals surface area contributed by atoms with E-state index in [4.69, 9.17) is 0 Å². The molecule has 3 aromatic rings. The fourth-order valence-corrected chi connectivity index (χ4v) is 5.77. The summed E-state index contributed by atoms with van der Waals surface area (Å²) in [7, 11) is -3.36. The Kier molecular flexibility index (Phi) is 4.84. The molecule has 4 rings (SSSR count). The minimum atomic E-state index is -3.36. The van der Waals surface area contributed by atoms with E-state index in [2.05, 4.69) is 10.2 Å². The van der Waals surface area contributed by atoms with Crippen molar-refractivity contribution in [1.82, 2.24) is 15.1 Å². The summed E-state index contributed by atoms with van der Waals surface area (Å²) in [4.78, 5) is 15.8. The van der Waals surface area contributed by atoms with Gasteiger partial charge in [0, 0.05) is 13.1 Å². The van der Waals surface area contributed by atoms with Crippen molar-refractivity contribution < 1.29 is 13.2 Å². The third kappa shape index (κ3) is 3.54. The molecule has 0 saturated carbocycles. The number of carbonyl (C=O) groups is 1. The van der Waals surface area contributed by atoms with E-state index in [1.54, 1.807) is 52.6 Å². The molecule has 1 aliphatic rings. The number of thiophene rings is 1.